The lowest BCUT2D eigenvalue weighted by atomic mass is 10.2. The molecule has 26 heavy (non-hydrogen) atoms. The molecule has 0 bridgehead atoms. The summed E-state index contributed by atoms with van der Waals surface area (Å²) in [5, 5.41) is 1.83. The van der Waals surface area contributed by atoms with Gasteiger partial charge in [0.2, 0.25) is 0 Å². The number of benzene rings is 1. The van der Waals surface area contributed by atoms with Gasteiger partial charge in [-0.15, -0.1) is 0 Å². The molecule has 0 saturated carbocycles. The lowest BCUT2D eigenvalue weighted by Crippen LogP contribution is -2.56. The topological polar surface area (TPSA) is 67.6 Å². The molecule has 1 aliphatic rings. The summed E-state index contributed by atoms with van der Waals surface area (Å²) in [4.78, 5) is 39.6. The Balaban J connectivity index is 2.07. The highest BCUT2D eigenvalue weighted by Gasteiger charge is 2.20. The fraction of sp³-hybridized carbons (Fsp3) is 0.389. The number of hydrogen-bond donors (Lipinski definition) is 0. The Bertz CT molecular complexity index is 925. The number of hydrogen-bond acceptors (Lipinski definition) is 5. The van der Waals surface area contributed by atoms with E-state index in [1.807, 2.05) is 12.1 Å². The van der Waals surface area contributed by atoms with Gasteiger partial charge < -0.3 is 9.91 Å². The van der Waals surface area contributed by atoms with Crippen molar-refractivity contribution in [1.29, 1.82) is 0 Å². The van der Waals surface area contributed by atoms with Crippen LogP contribution in [0.1, 0.15) is 22.8 Å². The number of rotatable bonds is 4. The molecule has 138 valence electrons. The normalized spacial score (nSPS) is 15.3. The second-order valence-corrected chi connectivity index (χ2v) is 6.50. The number of nitrogens with zero attached hydrogens (tertiary/aromatic N) is 4. The number of Topliss-reactive ketones (excluding diaryl/α,β-unsaturated/α-hetero) is 1. The molecule has 0 radical (unpaired) electrons. The Labute approximate surface area is 149 Å². The zero-order valence-corrected chi connectivity index (χ0v) is 14.8. The Kier molecular flexibility index (Phi) is 5.03. The third-order valence-corrected chi connectivity index (χ3v) is 4.57. The fourth-order valence-corrected chi connectivity index (χ4v) is 2.96. The van der Waals surface area contributed by atoms with E-state index >= 15 is 0 Å². The maximum Gasteiger partial charge on any atom is 0.350 e. The maximum absolute atomic E-state index is 13.1. The molecule has 1 fully saturated rings. The first-order valence-electron chi connectivity index (χ1n) is 8.42. The van der Waals surface area contributed by atoms with E-state index in [1.165, 1.54) is 42.1 Å². The number of ketones is 1. The Morgan fingerprint density at radius 2 is 1.69 bits per heavy atom. The van der Waals surface area contributed by atoms with Crippen molar-refractivity contribution in [3.63, 3.8) is 0 Å². The first kappa shape index (κ1) is 18.1. The van der Waals surface area contributed by atoms with Crippen molar-refractivity contribution in [2.75, 3.05) is 38.2 Å². The average Bonchev–Trinajstić information content (AvgIpc) is 2.61. The van der Waals surface area contributed by atoms with Gasteiger partial charge >= 0.3 is 5.69 Å². The minimum Gasteiger partial charge on any atom is -0.306 e. The van der Waals surface area contributed by atoms with E-state index in [4.69, 9.17) is 0 Å². The molecule has 0 spiro atoms. The standard InChI is InChI=1S/C18H21FN4O3/c1-13(24)16-12-23(21-9-7-20(2)8-10-21)18(26)22(17(16)25)11-14-3-5-15(19)6-4-14/h3-6,12H,7-11H2,1-2H3. The van der Waals surface area contributed by atoms with Crippen molar-refractivity contribution in [2.24, 2.45) is 0 Å². The highest BCUT2D eigenvalue weighted by Crippen LogP contribution is 2.04. The second-order valence-electron chi connectivity index (χ2n) is 6.50. The fourth-order valence-electron chi connectivity index (χ4n) is 2.96. The molecular formula is C18H21FN4O3. The van der Waals surface area contributed by atoms with Gasteiger partial charge in [-0.3, -0.25) is 14.2 Å². The number of halogens is 1. The van der Waals surface area contributed by atoms with Crippen LogP contribution in [-0.4, -0.2) is 53.2 Å². The lowest BCUT2D eigenvalue weighted by molar-refractivity contribution is 0.101. The average molecular weight is 360 g/mol. The van der Waals surface area contributed by atoms with Gasteiger partial charge in [0.25, 0.3) is 5.56 Å². The van der Waals surface area contributed by atoms with Crippen LogP contribution in [0.4, 0.5) is 4.39 Å². The highest BCUT2D eigenvalue weighted by atomic mass is 19.1. The Morgan fingerprint density at radius 3 is 2.27 bits per heavy atom. The first-order valence-corrected chi connectivity index (χ1v) is 8.42. The van der Waals surface area contributed by atoms with Gasteiger partial charge in [-0.25, -0.2) is 13.9 Å². The molecule has 2 heterocycles. The van der Waals surface area contributed by atoms with Crippen molar-refractivity contribution < 1.29 is 9.18 Å². The molecule has 3 rings (SSSR count). The van der Waals surface area contributed by atoms with E-state index < -0.39 is 22.8 Å². The SMILES string of the molecule is CC(=O)c1cn(N2CCN(C)CC2)c(=O)n(Cc2ccc(F)cc2)c1=O. The molecule has 0 atom stereocenters. The van der Waals surface area contributed by atoms with Gasteiger partial charge in [0.05, 0.1) is 6.54 Å². The van der Waals surface area contributed by atoms with E-state index in [0.717, 1.165) is 17.7 Å². The summed E-state index contributed by atoms with van der Waals surface area (Å²) in [6.45, 7) is 4.06. The number of carbonyl (C=O) groups is 1. The zero-order chi connectivity index (χ0) is 18.8. The summed E-state index contributed by atoms with van der Waals surface area (Å²) in [5.74, 6) is -0.792. The summed E-state index contributed by atoms with van der Waals surface area (Å²) in [6, 6.07) is 5.58. The second kappa shape index (κ2) is 7.25. The van der Waals surface area contributed by atoms with Gasteiger partial charge in [0.15, 0.2) is 5.78 Å². The summed E-state index contributed by atoms with van der Waals surface area (Å²) >= 11 is 0. The smallest absolute Gasteiger partial charge is 0.306 e. The van der Waals surface area contributed by atoms with Gasteiger partial charge in [-0.1, -0.05) is 12.1 Å². The van der Waals surface area contributed by atoms with Crippen molar-refractivity contribution in [3.05, 3.63) is 68.2 Å². The van der Waals surface area contributed by atoms with Crippen LogP contribution in [0.25, 0.3) is 0 Å². The van der Waals surface area contributed by atoms with Crippen LogP contribution in [0.15, 0.2) is 40.1 Å². The molecule has 0 aliphatic carbocycles. The van der Waals surface area contributed by atoms with Crippen molar-refractivity contribution >= 4 is 5.78 Å². The molecule has 0 N–H and O–H groups in total. The number of piperazine rings is 1. The number of carbonyl (C=O) groups excluding carboxylic acids is 1. The molecule has 1 saturated heterocycles. The lowest BCUT2D eigenvalue weighted by Gasteiger charge is -2.34. The predicted molar refractivity (Wildman–Crippen MR) is 95.9 cm³/mol. The van der Waals surface area contributed by atoms with Crippen LogP contribution in [0.3, 0.4) is 0 Å². The third kappa shape index (κ3) is 3.60. The summed E-state index contributed by atoms with van der Waals surface area (Å²) in [7, 11) is 2.00. The maximum atomic E-state index is 13.1. The van der Waals surface area contributed by atoms with E-state index in [0.29, 0.717) is 18.7 Å². The van der Waals surface area contributed by atoms with Crippen LogP contribution in [0.2, 0.25) is 0 Å². The van der Waals surface area contributed by atoms with Crippen LogP contribution < -0.4 is 16.3 Å². The largest absolute Gasteiger partial charge is 0.350 e. The molecule has 2 aromatic rings. The Morgan fingerprint density at radius 1 is 1.08 bits per heavy atom. The first-order chi connectivity index (χ1) is 12.4. The van der Waals surface area contributed by atoms with Gasteiger partial charge in [-0.2, -0.15) is 0 Å². The third-order valence-electron chi connectivity index (χ3n) is 4.57. The predicted octanol–water partition coefficient (Wildman–Crippen LogP) is 0.283. The van der Waals surface area contributed by atoms with E-state index in [2.05, 4.69) is 4.90 Å². The van der Waals surface area contributed by atoms with Crippen molar-refractivity contribution in [1.82, 2.24) is 14.1 Å². The van der Waals surface area contributed by atoms with E-state index in [-0.39, 0.29) is 12.1 Å². The Hall–Kier alpha value is -2.74. The van der Waals surface area contributed by atoms with Gasteiger partial charge in [-0.05, 0) is 31.7 Å². The summed E-state index contributed by atoms with van der Waals surface area (Å²) in [6.07, 6.45) is 1.33. The van der Waals surface area contributed by atoms with Gasteiger partial charge in [0.1, 0.15) is 11.4 Å². The highest BCUT2D eigenvalue weighted by molar-refractivity contribution is 5.93. The molecule has 8 heteroatoms. The minimum absolute atomic E-state index is 0.0210. The van der Waals surface area contributed by atoms with Crippen LogP contribution in [0, 0.1) is 5.82 Å². The summed E-state index contributed by atoms with van der Waals surface area (Å²) in [5.41, 5.74) is -0.562. The zero-order valence-electron chi connectivity index (χ0n) is 14.8. The quantitative estimate of drug-likeness (QED) is 0.733. The molecule has 1 aromatic carbocycles. The van der Waals surface area contributed by atoms with Crippen molar-refractivity contribution in [3.8, 4) is 0 Å². The van der Waals surface area contributed by atoms with Crippen LogP contribution in [0.5, 0.6) is 0 Å². The molecule has 1 aliphatic heterocycles. The monoisotopic (exact) mass is 360 g/mol. The molecule has 0 amide bonds. The van der Waals surface area contributed by atoms with Crippen LogP contribution in [-0.2, 0) is 6.54 Å². The number of likely N-dealkylation sites (N-methyl/N-ethyl adjacent to an activating group) is 1. The van der Waals surface area contributed by atoms with E-state index in [1.54, 1.807) is 0 Å². The molecule has 0 unspecified atom stereocenters. The molecule has 1 aromatic heterocycles. The number of aromatic nitrogens is 2. The summed E-state index contributed by atoms with van der Waals surface area (Å²) < 4.78 is 15.5. The molecular weight excluding hydrogens is 339 g/mol. The van der Waals surface area contributed by atoms with Gasteiger partial charge in [0, 0.05) is 32.4 Å². The molecule has 7 nitrogen and oxygen atoms in total. The van der Waals surface area contributed by atoms with Crippen LogP contribution >= 0.6 is 0 Å². The minimum atomic E-state index is -0.628. The van der Waals surface area contributed by atoms with E-state index in [9.17, 15) is 18.8 Å². The van der Waals surface area contributed by atoms with Crippen molar-refractivity contribution in [2.45, 2.75) is 13.5 Å².